The third kappa shape index (κ3) is 4.94. The molecule has 1 aliphatic heterocycles. The Morgan fingerprint density at radius 2 is 1.93 bits per heavy atom. The zero-order chi connectivity index (χ0) is 20.4. The predicted octanol–water partition coefficient (Wildman–Crippen LogP) is 0.654. The first-order chi connectivity index (χ1) is 13.1. The molecule has 1 amide bonds. The van der Waals surface area contributed by atoms with E-state index in [-0.39, 0.29) is 23.3 Å². The third-order valence-corrected chi connectivity index (χ3v) is 7.22. The number of hydrogen-bond acceptors (Lipinski definition) is 8. The number of sulfonamides is 1. The van der Waals surface area contributed by atoms with Gasteiger partial charge in [-0.05, 0) is 25.0 Å². The van der Waals surface area contributed by atoms with E-state index in [1.807, 2.05) is 0 Å². The van der Waals surface area contributed by atoms with Crippen LogP contribution in [0.5, 0.6) is 0 Å². The highest BCUT2D eigenvalue weighted by Gasteiger charge is 2.31. The van der Waals surface area contributed by atoms with Gasteiger partial charge in [0, 0.05) is 13.1 Å². The highest BCUT2D eigenvalue weighted by atomic mass is 32.2. The van der Waals surface area contributed by atoms with Gasteiger partial charge in [0.25, 0.3) is 0 Å². The van der Waals surface area contributed by atoms with Crippen LogP contribution in [0, 0.1) is 5.92 Å². The molecule has 1 fully saturated rings. The van der Waals surface area contributed by atoms with Crippen molar-refractivity contribution in [1.29, 1.82) is 0 Å². The Labute approximate surface area is 162 Å². The lowest BCUT2D eigenvalue weighted by atomic mass is 9.99. The monoisotopic (exact) mass is 428 g/mol. The molecule has 0 saturated carbocycles. The third-order valence-electron chi connectivity index (χ3n) is 4.34. The van der Waals surface area contributed by atoms with E-state index in [9.17, 15) is 21.6 Å². The van der Waals surface area contributed by atoms with Crippen LogP contribution in [0.1, 0.15) is 18.7 Å². The van der Waals surface area contributed by atoms with Crippen molar-refractivity contribution in [2.45, 2.75) is 23.5 Å². The van der Waals surface area contributed by atoms with Gasteiger partial charge in [-0.25, -0.2) is 21.1 Å². The van der Waals surface area contributed by atoms with E-state index in [1.165, 1.54) is 16.4 Å². The number of hydrogen-bond donors (Lipinski definition) is 1. The van der Waals surface area contributed by atoms with E-state index in [0.717, 1.165) is 6.26 Å². The number of carbonyl (C=O) groups excluding carboxylic acids is 1. The molecule has 1 aromatic carbocycles. The molecule has 152 valence electrons. The Balaban J connectivity index is 1.64. The quantitative estimate of drug-likeness (QED) is 0.707. The molecule has 12 heteroatoms. The highest BCUT2D eigenvalue weighted by molar-refractivity contribution is 7.90. The molecule has 1 atom stereocenters. The fraction of sp³-hybridized carbons (Fsp3) is 0.438. The number of anilines is 1. The molecule has 10 nitrogen and oxygen atoms in total. The second kappa shape index (κ2) is 7.97. The Morgan fingerprint density at radius 3 is 2.61 bits per heavy atom. The largest absolute Gasteiger partial charge is 0.407 e. The van der Waals surface area contributed by atoms with Gasteiger partial charge in [0.15, 0.2) is 9.84 Å². The van der Waals surface area contributed by atoms with Gasteiger partial charge in [0.1, 0.15) is 5.75 Å². The molecule has 28 heavy (non-hydrogen) atoms. The van der Waals surface area contributed by atoms with E-state index < -0.39 is 37.4 Å². The van der Waals surface area contributed by atoms with Crippen LogP contribution in [-0.2, 0) is 30.4 Å². The molecule has 0 spiro atoms. The van der Waals surface area contributed by atoms with Crippen molar-refractivity contribution in [3.63, 3.8) is 0 Å². The fourth-order valence-electron chi connectivity index (χ4n) is 2.90. The molecular weight excluding hydrogens is 408 g/mol. The van der Waals surface area contributed by atoms with Crippen LogP contribution < -0.4 is 5.32 Å². The number of aromatic nitrogens is 2. The predicted molar refractivity (Wildman–Crippen MR) is 99.4 cm³/mol. The van der Waals surface area contributed by atoms with Gasteiger partial charge in [-0.2, -0.15) is 0 Å². The maximum atomic E-state index is 12.4. The van der Waals surface area contributed by atoms with Crippen LogP contribution in [0.15, 0.2) is 39.6 Å². The summed E-state index contributed by atoms with van der Waals surface area (Å²) in [7, 11) is -7.03. The van der Waals surface area contributed by atoms with E-state index >= 15 is 0 Å². The zero-order valence-electron chi connectivity index (χ0n) is 15.1. The topological polar surface area (TPSA) is 140 Å². The molecule has 0 radical (unpaired) electrons. The maximum Gasteiger partial charge on any atom is 0.322 e. The summed E-state index contributed by atoms with van der Waals surface area (Å²) >= 11 is 0. The van der Waals surface area contributed by atoms with Crippen LogP contribution in [0.2, 0.25) is 0 Å². The summed E-state index contributed by atoms with van der Waals surface area (Å²) in [5.74, 6) is -1.65. The Hall–Kier alpha value is -2.31. The number of piperidine rings is 1. The van der Waals surface area contributed by atoms with Crippen molar-refractivity contribution in [3.8, 4) is 0 Å². The normalized spacial score (nSPS) is 18.7. The second-order valence-corrected chi connectivity index (χ2v) is 10.5. The van der Waals surface area contributed by atoms with Crippen LogP contribution in [-0.4, -0.2) is 56.6 Å². The van der Waals surface area contributed by atoms with Gasteiger partial charge in [0.2, 0.25) is 21.8 Å². The lowest BCUT2D eigenvalue weighted by Gasteiger charge is -2.29. The molecule has 0 unspecified atom stereocenters. The van der Waals surface area contributed by atoms with Crippen LogP contribution in [0.3, 0.4) is 0 Å². The van der Waals surface area contributed by atoms with Crippen LogP contribution in [0.25, 0.3) is 0 Å². The van der Waals surface area contributed by atoms with Gasteiger partial charge < -0.3 is 4.42 Å². The lowest BCUT2D eigenvalue weighted by molar-refractivity contribution is -0.121. The molecule has 3 rings (SSSR count). The number of nitrogens with zero attached hydrogens (tertiary/aromatic N) is 3. The van der Waals surface area contributed by atoms with Crippen molar-refractivity contribution in [2.24, 2.45) is 5.92 Å². The standard InChI is InChI=1S/C16H20N4O6S2/c1-27(22,23)20-9-5-6-12(10-20)15(21)17-16-19-18-14(26-16)11-28(24,25)13-7-3-2-4-8-13/h2-4,7-8,12H,5-6,9-11H2,1H3,(H,17,19,21)/t12-/m1/s1. The number of sulfone groups is 1. The van der Waals surface area contributed by atoms with E-state index in [1.54, 1.807) is 18.2 Å². The fourth-order valence-corrected chi connectivity index (χ4v) is 4.99. The number of nitrogens with one attached hydrogen (secondary N) is 1. The van der Waals surface area contributed by atoms with Crippen LogP contribution in [0.4, 0.5) is 6.01 Å². The minimum Gasteiger partial charge on any atom is -0.407 e. The number of amides is 1. The van der Waals surface area contributed by atoms with E-state index in [4.69, 9.17) is 4.42 Å². The van der Waals surface area contributed by atoms with Gasteiger partial charge in [0.05, 0.1) is 17.1 Å². The summed E-state index contributed by atoms with van der Waals surface area (Å²) in [4.78, 5) is 12.5. The first-order valence-electron chi connectivity index (χ1n) is 8.51. The Morgan fingerprint density at radius 1 is 1.21 bits per heavy atom. The number of benzene rings is 1. The highest BCUT2D eigenvalue weighted by Crippen LogP contribution is 2.21. The summed E-state index contributed by atoms with van der Waals surface area (Å²) in [6.07, 6.45) is 2.20. The molecule has 1 aliphatic rings. The first-order valence-corrected chi connectivity index (χ1v) is 12.0. The molecule has 2 heterocycles. The molecule has 1 N–H and O–H groups in total. The molecule has 1 saturated heterocycles. The average Bonchev–Trinajstić information content (AvgIpc) is 3.08. The van der Waals surface area contributed by atoms with Crippen molar-refractivity contribution in [1.82, 2.24) is 14.5 Å². The van der Waals surface area contributed by atoms with Crippen LogP contribution >= 0.6 is 0 Å². The van der Waals surface area contributed by atoms with Crippen molar-refractivity contribution < 1.29 is 26.0 Å². The smallest absolute Gasteiger partial charge is 0.322 e. The minimum absolute atomic E-state index is 0.0774. The SMILES string of the molecule is CS(=O)(=O)N1CCC[C@@H](C(=O)Nc2nnc(CS(=O)(=O)c3ccccc3)o2)C1. The van der Waals surface area contributed by atoms with Crippen molar-refractivity contribution >= 4 is 31.8 Å². The van der Waals surface area contributed by atoms with E-state index in [0.29, 0.717) is 19.4 Å². The lowest BCUT2D eigenvalue weighted by Crippen LogP contribution is -2.43. The van der Waals surface area contributed by atoms with Crippen molar-refractivity contribution in [2.75, 3.05) is 24.7 Å². The summed E-state index contributed by atoms with van der Waals surface area (Å²) < 4.78 is 54.5. The van der Waals surface area contributed by atoms with Gasteiger partial charge in [-0.1, -0.05) is 23.3 Å². The number of rotatable bonds is 6. The Bertz CT molecular complexity index is 1050. The van der Waals surface area contributed by atoms with Gasteiger partial charge >= 0.3 is 6.01 Å². The molecule has 0 bridgehead atoms. The summed E-state index contributed by atoms with van der Waals surface area (Å²) in [6.45, 7) is 0.457. The summed E-state index contributed by atoms with van der Waals surface area (Å²) in [5, 5.41) is 9.75. The first kappa shape index (κ1) is 20.4. The summed E-state index contributed by atoms with van der Waals surface area (Å²) in [6, 6.07) is 7.62. The zero-order valence-corrected chi connectivity index (χ0v) is 16.7. The second-order valence-electron chi connectivity index (χ2n) is 6.52. The average molecular weight is 428 g/mol. The van der Waals surface area contributed by atoms with Crippen molar-refractivity contribution in [3.05, 3.63) is 36.2 Å². The molecule has 1 aromatic heterocycles. The molecular formula is C16H20N4O6S2. The van der Waals surface area contributed by atoms with Gasteiger partial charge in [-0.15, -0.1) is 5.10 Å². The van der Waals surface area contributed by atoms with E-state index in [2.05, 4.69) is 15.5 Å². The van der Waals surface area contributed by atoms with Gasteiger partial charge in [-0.3, -0.25) is 10.1 Å². The molecule has 2 aromatic rings. The minimum atomic E-state index is -3.65. The molecule has 0 aliphatic carbocycles. The number of carbonyl (C=O) groups is 1. The Kier molecular flexibility index (Phi) is 5.82. The maximum absolute atomic E-state index is 12.4. The summed E-state index contributed by atoms with van der Waals surface area (Å²) in [5.41, 5.74) is 0.